The Kier molecular flexibility index (Phi) is 11.4. The summed E-state index contributed by atoms with van der Waals surface area (Å²) in [7, 11) is -16.0. The maximum Gasteiger partial charge on any atom is 0.397 e. The highest BCUT2D eigenvalue weighted by atomic mass is 32.3. The third-order valence-corrected chi connectivity index (χ3v) is 8.35. The third-order valence-electron chi connectivity index (χ3n) is 6.96. The third kappa shape index (κ3) is 8.79. The average Bonchev–Trinajstić information content (AvgIpc) is 3.21. The Morgan fingerprint density at radius 1 is 0.578 bits per heavy atom. The van der Waals surface area contributed by atoms with Gasteiger partial charge in [0, 0.05) is 0 Å². The van der Waals surface area contributed by atoms with Gasteiger partial charge in [-0.2, -0.15) is 25.3 Å². The second kappa shape index (κ2) is 13.9. The van der Waals surface area contributed by atoms with Gasteiger partial charge in [0.2, 0.25) is 0 Å². The molecule has 0 radical (unpaired) electrons. The minimum atomic E-state index is -5.41. The van der Waals surface area contributed by atoms with Crippen molar-refractivity contribution in [1.29, 1.82) is 0 Å². The van der Waals surface area contributed by atoms with Crippen molar-refractivity contribution < 1.29 is 111 Å². The van der Waals surface area contributed by atoms with Crippen LogP contribution < -0.4 is 0 Å². The van der Waals surface area contributed by atoms with Crippen molar-refractivity contribution in [3.8, 4) is 0 Å². The highest BCUT2D eigenvalue weighted by Crippen LogP contribution is 2.39. The van der Waals surface area contributed by atoms with Crippen LogP contribution >= 0.6 is 0 Å². The maximum atomic E-state index is 11.7. The Balaban J connectivity index is 1.59. The Hall–Kier alpha value is -0.870. The van der Waals surface area contributed by atoms with E-state index in [2.05, 4.69) is 12.5 Å². The molecular weight excluding hydrogens is 696 g/mol. The van der Waals surface area contributed by atoms with Crippen LogP contribution in [0.25, 0.3) is 0 Å². The molecule has 24 nitrogen and oxygen atoms in total. The first kappa shape index (κ1) is 37.0. The zero-order valence-corrected chi connectivity index (χ0v) is 24.6. The van der Waals surface area contributed by atoms with Crippen molar-refractivity contribution in [2.75, 3.05) is 19.8 Å². The highest BCUT2D eigenvalue weighted by Gasteiger charge is 2.59. The van der Waals surface area contributed by atoms with Crippen molar-refractivity contribution in [1.82, 2.24) is 0 Å². The van der Waals surface area contributed by atoms with Gasteiger partial charge in [-0.25, -0.2) is 12.5 Å². The van der Waals surface area contributed by atoms with Crippen LogP contribution in [0.1, 0.15) is 0 Å². The van der Waals surface area contributed by atoms with Crippen molar-refractivity contribution in [2.24, 2.45) is 0 Å². The smallest absolute Gasteiger partial charge is 0.394 e. The zero-order valence-electron chi connectivity index (χ0n) is 22.2. The molecule has 0 spiro atoms. The first-order valence-corrected chi connectivity index (χ1v) is 16.6. The molecule has 0 aromatic heterocycles. The lowest BCUT2D eigenvalue weighted by Crippen LogP contribution is -2.65. The van der Waals surface area contributed by atoms with E-state index in [4.69, 9.17) is 33.0 Å². The number of rotatable bonds is 12. The van der Waals surface area contributed by atoms with E-state index in [1.807, 2.05) is 0 Å². The second-order valence-corrected chi connectivity index (χ2v) is 13.1. The molecule has 0 aromatic carbocycles. The van der Waals surface area contributed by atoms with E-state index in [1.54, 1.807) is 0 Å². The fraction of sp³-hybridized carbons (Fsp3) is 1.00. The van der Waals surface area contributed by atoms with Crippen LogP contribution in [0, 0.1) is 0 Å². The van der Waals surface area contributed by atoms with Gasteiger partial charge in [0.15, 0.2) is 25.0 Å². The van der Waals surface area contributed by atoms with Gasteiger partial charge < -0.3 is 59.1 Å². The molecule has 15 atom stereocenters. The summed E-state index contributed by atoms with van der Waals surface area (Å²) in [5.74, 6) is 0. The van der Waals surface area contributed by atoms with Crippen molar-refractivity contribution in [3.05, 3.63) is 0 Å². The summed E-state index contributed by atoms with van der Waals surface area (Å²) < 4.78 is 142. The van der Waals surface area contributed by atoms with E-state index >= 15 is 0 Å². The molecule has 0 aliphatic carbocycles. The molecule has 0 aromatic rings. The van der Waals surface area contributed by atoms with Gasteiger partial charge in [-0.3, -0.25) is 13.7 Å². The normalized spacial score (nSPS) is 44.6. The van der Waals surface area contributed by atoms with E-state index in [9.17, 15) is 65.0 Å². The topological polar surface area (TPSA) is 368 Å². The van der Waals surface area contributed by atoms with Crippen molar-refractivity contribution in [2.45, 2.75) is 92.1 Å². The van der Waals surface area contributed by atoms with E-state index in [-0.39, 0.29) is 0 Å². The van der Waals surface area contributed by atoms with Gasteiger partial charge in [-0.1, -0.05) is 0 Å². The number of aliphatic hydroxyl groups is 6. The average molecular weight is 727 g/mol. The first-order valence-electron chi connectivity index (χ1n) is 12.5. The Labute approximate surface area is 253 Å². The summed E-state index contributed by atoms with van der Waals surface area (Å²) in [6, 6.07) is 0. The first-order chi connectivity index (χ1) is 20.7. The molecule has 4 rings (SSSR count). The van der Waals surface area contributed by atoms with E-state index in [0.29, 0.717) is 0 Å². The lowest BCUT2D eigenvalue weighted by molar-refractivity contribution is -0.356. The molecule has 264 valence electrons. The maximum absolute atomic E-state index is 11.7. The molecule has 0 amide bonds. The lowest BCUT2D eigenvalue weighted by Gasteiger charge is -2.46. The van der Waals surface area contributed by atoms with E-state index in [1.165, 1.54) is 0 Å². The van der Waals surface area contributed by atoms with Crippen LogP contribution in [-0.4, -0.2) is 181 Å². The van der Waals surface area contributed by atoms with Crippen LogP contribution in [0.5, 0.6) is 0 Å². The monoisotopic (exact) mass is 726 g/mol. The summed E-state index contributed by atoms with van der Waals surface area (Å²) in [5.41, 5.74) is 0. The minimum Gasteiger partial charge on any atom is -0.394 e. The molecule has 45 heavy (non-hydrogen) atoms. The van der Waals surface area contributed by atoms with Crippen LogP contribution in [0.3, 0.4) is 0 Å². The van der Waals surface area contributed by atoms with E-state index < -0.39 is 143 Å². The highest BCUT2D eigenvalue weighted by molar-refractivity contribution is 7.81. The van der Waals surface area contributed by atoms with Gasteiger partial charge in [0.25, 0.3) is 0 Å². The largest absolute Gasteiger partial charge is 0.397 e. The molecule has 4 saturated heterocycles. The molecule has 4 aliphatic rings. The number of aliphatic hydroxyl groups excluding tert-OH is 6. The standard InChI is InChI=1S/C18H30O24S3/c19-1-4-10(40-43(25,26)27)7(21)8(22)17(36-4)38-11-6-3-34-14(11)15(42-45(31,32)33)18(37-6)39-13-9(23)16(24)35-5(2-20)12(13)41-44(28,29)30/h4-24H,1-3H2,(H,25,26,27)(H,28,29,30)(H,31,32,33)/t4-,5-,6-,7-,8-,9-,10+,11+,12+,13-,14+,15-,16-,17+,18-/m1/s1. The van der Waals surface area contributed by atoms with Gasteiger partial charge in [0.1, 0.15) is 67.1 Å². The fourth-order valence-corrected chi connectivity index (χ4v) is 6.64. The number of hydrogen-bond donors (Lipinski definition) is 9. The van der Waals surface area contributed by atoms with Crippen molar-refractivity contribution >= 4 is 31.2 Å². The molecule has 0 saturated carbocycles. The van der Waals surface area contributed by atoms with Gasteiger partial charge in [0.05, 0.1) is 19.8 Å². The number of ether oxygens (including phenoxy) is 6. The van der Waals surface area contributed by atoms with E-state index in [0.717, 1.165) is 0 Å². The fourth-order valence-electron chi connectivity index (χ4n) is 5.13. The summed E-state index contributed by atoms with van der Waals surface area (Å²) in [6.07, 6.45) is -29.1. The van der Waals surface area contributed by atoms with Crippen LogP contribution in [0.15, 0.2) is 0 Å². The van der Waals surface area contributed by atoms with Gasteiger partial charge in [-0.05, 0) is 0 Å². The summed E-state index contributed by atoms with van der Waals surface area (Å²) in [5, 5.41) is 60.6. The molecule has 27 heteroatoms. The minimum absolute atomic E-state index is 0.465. The Morgan fingerprint density at radius 2 is 1.09 bits per heavy atom. The Bertz CT molecular complexity index is 1340. The summed E-state index contributed by atoms with van der Waals surface area (Å²) in [4.78, 5) is 0. The Morgan fingerprint density at radius 3 is 1.64 bits per heavy atom. The zero-order chi connectivity index (χ0) is 33.6. The predicted molar refractivity (Wildman–Crippen MR) is 129 cm³/mol. The molecule has 0 unspecified atom stereocenters. The van der Waals surface area contributed by atoms with Crippen LogP contribution in [0.4, 0.5) is 0 Å². The van der Waals surface area contributed by atoms with Crippen molar-refractivity contribution in [3.63, 3.8) is 0 Å². The van der Waals surface area contributed by atoms with Crippen LogP contribution in [-0.2, 0) is 72.2 Å². The molecule has 2 bridgehead atoms. The molecular formula is C18H30O24S3. The lowest BCUT2D eigenvalue weighted by atomic mass is 9.97. The number of fused-ring (bicyclic) bond motifs is 2. The second-order valence-electron chi connectivity index (χ2n) is 9.95. The van der Waals surface area contributed by atoms with Crippen LogP contribution in [0.2, 0.25) is 0 Å². The van der Waals surface area contributed by atoms with Gasteiger partial charge >= 0.3 is 31.2 Å². The SMILES string of the molecule is O=S(=O)(O)O[C@@H]1[C@H](O)[C@@H](O)[C@H](O[C@@H]2[C@@H]3OC[C@H]2O[C@H](O[C@@H]2[C@@H](O)[C@H](O)O[C@H](CO)[C@@H]2OS(=O)(=O)O)[C@@H]3OS(=O)(=O)O)O[C@@H]1CO. The molecule has 4 heterocycles. The predicted octanol–water partition coefficient (Wildman–Crippen LogP) is -7.05. The quantitative estimate of drug-likeness (QED) is 0.0843. The molecule has 4 fully saturated rings. The summed E-state index contributed by atoms with van der Waals surface area (Å²) >= 11 is 0. The molecule has 4 aliphatic heterocycles. The van der Waals surface area contributed by atoms with Gasteiger partial charge in [-0.15, -0.1) is 0 Å². The number of hydrogen-bond acceptors (Lipinski definition) is 21. The molecule has 9 N–H and O–H groups in total. The summed E-state index contributed by atoms with van der Waals surface area (Å²) in [6.45, 7) is -2.57.